The molecule has 3 rings (SSSR count). The van der Waals surface area contributed by atoms with Gasteiger partial charge in [0.05, 0.1) is 26.3 Å². The summed E-state index contributed by atoms with van der Waals surface area (Å²) in [6.45, 7) is 4.12. The largest absolute Gasteiger partial charge is 0.378 e. The Kier molecular flexibility index (Phi) is 7.82. The Hall–Kier alpha value is -2.90. The van der Waals surface area contributed by atoms with Crippen molar-refractivity contribution in [3.8, 4) is 0 Å². The molecule has 2 aromatic rings. The molecule has 0 saturated carbocycles. The lowest BCUT2D eigenvalue weighted by Crippen LogP contribution is -2.39. The first-order valence-corrected chi connectivity index (χ1v) is 10.2. The van der Waals surface area contributed by atoms with Gasteiger partial charge in [-0.25, -0.2) is 0 Å². The highest BCUT2D eigenvalue weighted by Crippen LogP contribution is 2.19. The van der Waals surface area contributed by atoms with Crippen molar-refractivity contribution < 1.29 is 14.3 Å². The van der Waals surface area contributed by atoms with E-state index in [9.17, 15) is 9.59 Å². The minimum Gasteiger partial charge on any atom is -0.378 e. The van der Waals surface area contributed by atoms with Crippen LogP contribution in [0.5, 0.6) is 0 Å². The van der Waals surface area contributed by atoms with Crippen LogP contribution in [0.15, 0.2) is 54.6 Å². The molecular formula is C23H30N4O3. The van der Waals surface area contributed by atoms with Crippen LogP contribution in [0, 0.1) is 0 Å². The fourth-order valence-electron chi connectivity index (χ4n) is 3.38. The highest BCUT2D eigenvalue weighted by atomic mass is 16.5. The number of nitrogens with zero attached hydrogens (tertiary/aromatic N) is 3. The van der Waals surface area contributed by atoms with E-state index in [-0.39, 0.29) is 24.9 Å². The molecule has 1 heterocycles. The number of amides is 2. The summed E-state index contributed by atoms with van der Waals surface area (Å²) in [6.07, 6.45) is 0. The maximum absolute atomic E-state index is 12.4. The van der Waals surface area contributed by atoms with Gasteiger partial charge >= 0.3 is 0 Å². The molecule has 160 valence electrons. The molecule has 0 radical (unpaired) electrons. The molecule has 1 saturated heterocycles. The van der Waals surface area contributed by atoms with Crippen LogP contribution in [-0.2, 0) is 20.9 Å². The van der Waals surface area contributed by atoms with Crippen LogP contribution in [0.3, 0.4) is 0 Å². The van der Waals surface area contributed by atoms with Crippen LogP contribution in [0.2, 0.25) is 0 Å². The molecule has 1 N–H and O–H groups in total. The number of hydrogen-bond donors (Lipinski definition) is 1. The van der Waals surface area contributed by atoms with Gasteiger partial charge in [0.1, 0.15) is 0 Å². The summed E-state index contributed by atoms with van der Waals surface area (Å²) in [5.41, 5.74) is 2.95. The van der Waals surface area contributed by atoms with Crippen molar-refractivity contribution in [3.63, 3.8) is 0 Å². The van der Waals surface area contributed by atoms with E-state index < -0.39 is 0 Å². The molecule has 0 bridgehead atoms. The molecule has 7 nitrogen and oxygen atoms in total. The molecule has 2 aromatic carbocycles. The molecule has 0 spiro atoms. The molecule has 1 fully saturated rings. The highest BCUT2D eigenvalue weighted by Gasteiger charge is 2.15. The normalized spacial score (nSPS) is 13.9. The monoisotopic (exact) mass is 410 g/mol. The first-order chi connectivity index (χ1) is 14.5. The summed E-state index contributed by atoms with van der Waals surface area (Å²) in [5, 5.41) is 2.90. The van der Waals surface area contributed by atoms with Gasteiger partial charge in [-0.1, -0.05) is 30.3 Å². The topological polar surface area (TPSA) is 65.1 Å². The van der Waals surface area contributed by atoms with Crippen molar-refractivity contribution in [1.29, 1.82) is 0 Å². The van der Waals surface area contributed by atoms with E-state index in [0.29, 0.717) is 6.54 Å². The molecular weight excluding hydrogens is 380 g/mol. The second-order valence-corrected chi connectivity index (χ2v) is 7.60. The van der Waals surface area contributed by atoms with Crippen LogP contribution in [-0.4, -0.2) is 75.1 Å². The Morgan fingerprint density at radius 3 is 2.30 bits per heavy atom. The summed E-state index contributed by atoms with van der Waals surface area (Å²) >= 11 is 0. The van der Waals surface area contributed by atoms with Crippen molar-refractivity contribution in [2.75, 3.05) is 63.7 Å². The summed E-state index contributed by atoms with van der Waals surface area (Å²) in [5.74, 6) is -0.167. The second kappa shape index (κ2) is 10.8. The maximum atomic E-state index is 12.4. The molecule has 0 unspecified atom stereocenters. The molecule has 1 aliphatic rings. The Labute approximate surface area is 178 Å². The van der Waals surface area contributed by atoms with E-state index in [0.717, 1.165) is 43.2 Å². The number of hydrogen-bond acceptors (Lipinski definition) is 5. The molecule has 0 aliphatic carbocycles. The van der Waals surface area contributed by atoms with Crippen LogP contribution in [0.25, 0.3) is 0 Å². The zero-order chi connectivity index (χ0) is 21.3. The van der Waals surface area contributed by atoms with Crippen molar-refractivity contribution in [2.24, 2.45) is 0 Å². The van der Waals surface area contributed by atoms with E-state index in [4.69, 9.17) is 4.74 Å². The van der Waals surface area contributed by atoms with Gasteiger partial charge in [-0.15, -0.1) is 0 Å². The van der Waals surface area contributed by atoms with Crippen LogP contribution < -0.4 is 10.2 Å². The quantitative estimate of drug-likeness (QED) is 0.722. The number of nitrogens with one attached hydrogen (secondary N) is 1. The number of benzene rings is 2. The predicted molar refractivity (Wildman–Crippen MR) is 119 cm³/mol. The third kappa shape index (κ3) is 6.57. The zero-order valence-corrected chi connectivity index (χ0v) is 17.7. The summed E-state index contributed by atoms with van der Waals surface area (Å²) in [6, 6.07) is 17.7. The Morgan fingerprint density at radius 1 is 0.967 bits per heavy atom. The Balaban J connectivity index is 1.43. The molecule has 7 heteroatoms. The van der Waals surface area contributed by atoms with Gasteiger partial charge in [0, 0.05) is 38.1 Å². The number of likely N-dealkylation sites (N-methyl/N-ethyl adjacent to an activating group) is 2. The second-order valence-electron chi connectivity index (χ2n) is 7.60. The van der Waals surface area contributed by atoms with E-state index in [1.54, 1.807) is 23.9 Å². The van der Waals surface area contributed by atoms with Crippen molar-refractivity contribution in [2.45, 2.75) is 6.54 Å². The predicted octanol–water partition coefficient (Wildman–Crippen LogP) is 2.05. The smallest absolute Gasteiger partial charge is 0.238 e. The van der Waals surface area contributed by atoms with Crippen LogP contribution in [0.1, 0.15) is 5.56 Å². The zero-order valence-electron chi connectivity index (χ0n) is 17.7. The molecule has 0 atom stereocenters. The standard InChI is InChI=1S/C23H30N4O3/c1-25(18-23(29)26(2)16-19-6-4-3-5-7-19)17-22(28)24-20-8-10-21(11-9-20)27-12-14-30-15-13-27/h3-11H,12-18H2,1-2H3,(H,24,28). The van der Waals surface area contributed by atoms with E-state index in [2.05, 4.69) is 10.2 Å². The number of morpholine rings is 1. The van der Waals surface area contributed by atoms with Crippen molar-refractivity contribution >= 4 is 23.2 Å². The average molecular weight is 411 g/mol. The van der Waals surface area contributed by atoms with Gasteiger partial charge in [0.15, 0.2) is 0 Å². The third-order valence-electron chi connectivity index (χ3n) is 5.03. The van der Waals surface area contributed by atoms with Gasteiger partial charge < -0.3 is 19.9 Å². The Bertz CT molecular complexity index is 820. The fourth-order valence-corrected chi connectivity index (χ4v) is 3.38. The number of carbonyl (C=O) groups is 2. The average Bonchev–Trinajstić information content (AvgIpc) is 2.75. The van der Waals surface area contributed by atoms with Gasteiger partial charge in [-0.2, -0.15) is 0 Å². The molecule has 1 aliphatic heterocycles. The first-order valence-electron chi connectivity index (χ1n) is 10.2. The van der Waals surface area contributed by atoms with E-state index in [1.165, 1.54) is 0 Å². The number of rotatable bonds is 8. The maximum Gasteiger partial charge on any atom is 0.238 e. The third-order valence-corrected chi connectivity index (χ3v) is 5.03. The summed E-state index contributed by atoms with van der Waals surface area (Å²) < 4.78 is 5.38. The molecule has 0 aromatic heterocycles. The summed E-state index contributed by atoms with van der Waals surface area (Å²) in [4.78, 5) is 30.4. The SMILES string of the molecule is CN(CC(=O)Nc1ccc(N2CCOCC2)cc1)CC(=O)N(C)Cc1ccccc1. The van der Waals surface area contributed by atoms with Crippen LogP contribution in [0.4, 0.5) is 11.4 Å². The molecule has 2 amide bonds. The van der Waals surface area contributed by atoms with Gasteiger partial charge in [-0.3, -0.25) is 14.5 Å². The highest BCUT2D eigenvalue weighted by molar-refractivity contribution is 5.92. The van der Waals surface area contributed by atoms with Gasteiger partial charge in [0.2, 0.25) is 11.8 Å². The molecule has 30 heavy (non-hydrogen) atoms. The lowest BCUT2D eigenvalue weighted by molar-refractivity contribution is -0.131. The lowest BCUT2D eigenvalue weighted by Gasteiger charge is -2.28. The van der Waals surface area contributed by atoms with E-state index in [1.807, 2.05) is 54.6 Å². The number of carbonyl (C=O) groups excluding carboxylic acids is 2. The van der Waals surface area contributed by atoms with Crippen molar-refractivity contribution in [1.82, 2.24) is 9.80 Å². The van der Waals surface area contributed by atoms with Crippen molar-refractivity contribution in [3.05, 3.63) is 60.2 Å². The number of ether oxygens (including phenoxy) is 1. The van der Waals surface area contributed by atoms with Gasteiger partial charge in [0.25, 0.3) is 0 Å². The van der Waals surface area contributed by atoms with E-state index >= 15 is 0 Å². The van der Waals surface area contributed by atoms with Crippen LogP contribution >= 0.6 is 0 Å². The summed E-state index contributed by atoms with van der Waals surface area (Å²) in [7, 11) is 3.55. The number of anilines is 2. The Morgan fingerprint density at radius 2 is 1.63 bits per heavy atom. The fraction of sp³-hybridized carbons (Fsp3) is 0.391. The van der Waals surface area contributed by atoms with Gasteiger partial charge in [-0.05, 0) is 36.9 Å². The minimum atomic E-state index is -0.143. The first kappa shape index (κ1) is 21.8. The minimum absolute atomic E-state index is 0.0241. The lowest BCUT2D eigenvalue weighted by atomic mass is 10.2.